The SMILES string of the molecule is CCc1c(N(C)c2ccccc2C)ccc(N(C)c2ccccc2C)c1C. The number of benzene rings is 3. The van der Waals surface area contributed by atoms with E-state index in [0.717, 1.165) is 6.42 Å². The number of aryl methyl sites for hydroxylation is 2. The average molecular weight is 359 g/mol. The van der Waals surface area contributed by atoms with E-state index in [1.54, 1.807) is 0 Å². The third kappa shape index (κ3) is 3.57. The van der Waals surface area contributed by atoms with Gasteiger partial charge in [0.25, 0.3) is 0 Å². The molecule has 0 saturated heterocycles. The Morgan fingerprint density at radius 1 is 0.593 bits per heavy atom. The van der Waals surface area contributed by atoms with Crippen LogP contribution in [0.15, 0.2) is 60.7 Å². The zero-order valence-corrected chi connectivity index (χ0v) is 17.4. The Morgan fingerprint density at radius 3 is 1.52 bits per heavy atom. The van der Waals surface area contributed by atoms with Crippen LogP contribution in [0, 0.1) is 20.8 Å². The van der Waals surface area contributed by atoms with E-state index in [2.05, 4.69) is 112 Å². The van der Waals surface area contributed by atoms with E-state index in [-0.39, 0.29) is 0 Å². The van der Waals surface area contributed by atoms with Gasteiger partial charge in [-0.25, -0.2) is 0 Å². The molecule has 0 amide bonds. The van der Waals surface area contributed by atoms with Crippen LogP contribution in [0.4, 0.5) is 22.7 Å². The molecule has 0 aliphatic rings. The first kappa shape index (κ1) is 19.0. The van der Waals surface area contributed by atoms with Gasteiger partial charge in [0.2, 0.25) is 0 Å². The second kappa shape index (κ2) is 7.87. The molecule has 0 radical (unpaired) electrons. The summed E-state index contributed by atoms with van der Waals surface area (Å²) >= 11 is 0. The van der Waals surface area contributed by atoms with Crippen molar-refractivity contribution in [1.82, 2.24) is 0 Å². The van der Waals surface area contributed by atoms with Gasteiger partial charge < -0.3 is 9.80 Å². The lowest BCUT2D eigenvalue weighted by atomic mass is 9.99. The third-order valence-corrected chi connectivity index (χ3v) is 5.58. The second-order valence-corrected chi connectivity index (χ2v) is 7.25. The fraction of sp³-hybridized carbons (Fsp3) is 0.280. The summed E-state index contributed by atoms with van der Waals surface area (Å²) in [6.45, 7) is 8.83. The largest absolute Gasteiger partial charge is 0.344 e. The molecule has 0 heterocycles. The zero-order chi connectivity index (χ0) is 19.6. The Morgan fingerprint density at radius 2 is 1.04 bits per heavy atom. The van der Waals surface area contributed by atoms with Gasteiger partial charge in [0.05, 0.1) is 0 Å². The first-order valence-electron chi connectivity index (χ1n) is 9.66. The van der Waals surface area contributed by atoms with Gasteiger partial charge in [-0.05, 0) is 73.7 Å². The fourth-order valence-corrected chi connectivity index (χ4v) is 3.99. The number of hydrogen-bond donors (Lipinski definition) is 0. The Hall–Kier alpha value is -2.74. The van der Waals surface area contributed by atoms with E-state index in [4.69, 9.17) is 0 Å². The van der Waals surface area contributed by atoms with E-state index >= 15 is 0 Å². The Balaban J connectivity index is 2.06. The van der Waals surface area contributed by atoms with Crippen LogP contribution in [0.25, 0.3) is 0 Å². The van der Waals surface area contributed by atoms with Gasteiger partial charge in [-0.3, -0.25) is 0 Å². The number of para-hydroxylation sites is 2. The number of hydrogen-bond acceptors (Lipinski definition) is 2. The van der Waals surface area contributed by atoms with Crippen molar-refractivity contribution in [1.29, 1.82) is 0 Å². The normalized spacial score (nSPS) is 10.7. The summed E-state index contributed by atoms with van der Waals surface area (Å²) in [6, 6.07) is 21.6. The van der Waals surface area contributed by atoms with Gasteiger partial charge in [0.15, 0.2) is 0 Å². The van der Waals surface area contributed by atoms with Gasteiger partial charge in [-0.15, -0.1) is 0 Å². The third-order valence-electron chi connectivity index (χ3n) is 5.58. The molecule has 3 aromatic rings. The van der Waals surface area contributed by atoms with Crippen LogP contribution in [0.3, 0.4) is 0 Å². The fourth-order valence-electron chi connectivity index (χ4n) is 3.99. The molecule has 2 heteroatoms. The van der Waals surface area contributed by atoms with E-state index in [9.17, 15) is 0 Å². The van der Waals surface area contributed by atoms with Crippen molar-refractivity contribution >= 4 is 22.7 Å². The number of rotatable bonds is 5. The molecule has 140 valence electrons. The van der Waals surface area contributed by atoms with Crippen LogP contribution < -0.4 is 9.80 Å². The summed E-state index contributed by atoms with van der Waals surface area (Å²) in [4.78, 5) is 4.63. The first-order chi connectivity index (χ1) is 13.0. The second-order valence-electron chi connectivity index (χ2n) is 7.25. The van der Waals surface area contributed by atoms with Crippen LogP contribution >= 0.6 is 0 Å². The number of anilines is 4. The number of nitrogens with zero attached hydrogens (tertiary/aromatic N) is 2. The topological polar surface area (TPSA) is 6.48 Å². The van der Waals surface area contributed by atoms with Gasteiger partial charge in [-0.2, -0.15) is 0 Å². The van der Waals surface area contributed by atoms with Crippen LogP contribution in [-0.4, -0.2) is 14.1 Å². The Bertz CT molecular complexity index is 943. The Kier molecular flexibility index (Phi) is 5.55. The lowest BCUT2D eigenvalue weighted by Gasteiger charge is -2.29. The highest BCUT2D eigenvalue weighted by molar-refractivity contribution is 5.76. The van der Waals surface area contributed by atoms with Crippen molar-refractivity contribution in [3.05, 3.63) is 82.9 Å². The lowest BCUT2D eigenvalue weighted by Crippen LogP contribution is -2.17. The first-order valence-corrected chi connectivity index (χ1v) is 9.66. The zero-order valence-electron chi connectivity index (χ0n) is 17.4. The maximum atomic E-state index is 2.32. The van der Waals surface area contributed by atoms with E-state index < -0.39 is 0 Å². The summed E-state index contributed by atoms with van der Waals surface area (Å²) < 4.78 is 0. The highest BCUT2D eigenvalue weighted by Crippen LogP contribution is 2.37. The van der Waals surface area contributed by atoms with Crippen LogP contribution in [0.1, 0.15) is 29.2 Å². The molecule has 0 bridgehead atoms. The molecule has 0 aliphatic heterocycles. The molecule has 0 aromatic heterocycles. The summed E-state index contributed by atoms with van der Waals surface area (Å²) in [5, 5.41) is 0. The van der Waals surface area contributed by atoms with Crippen molar-refractivity contribution in [2.75, 3.05) is 23.9 Å². The molecule has 0 unspecified atom stereocenters. The quantitative estimate of drug-likeness (QED) is 0.500. The van der Waals surface area contributed by atoms with Gasteiger partial charge in [0.1, 0.15) is 0 Å². The smallest absolute Gasteiger partial charge is 0.0444 e. The average Bonchev–Trinajstić information content (AvgIpc) is 2.67. The molecule has 0 fully saturated rings. The van der Waals surface area contributed by atoms with Crippen molar-refractivity contribution < 1.29 is 0 Å². The van der Waals surface area contributed by atoms with E-state index in [1.807, 2.05) is 0 Å². The molecule has 2 nitrogen and oxygen atoms in total. The van der Waals surface area contributed by atoms with Crippen LogP contribution in [0.5, 0.6) is 0 Å². The minimum Gasteiger partial charge on any atom is -0.344 e. The molecule has 0 saturated carbocycles. The minimum atomic E-state index is 1.01. The maximum absolute atomic E-state index is 2.32. The predicted octanol–water partition coefficient (Wildman–Crippen LogP) is 6.71. The molecule has 0 aliphatic carbocycles. The van der Waals surface area contributed by atoms with E-state index in [0.29, 0.717) is 0 Å². The molecule has 0 atom stereocenters. The van der Waals surface area contributed by atoms with Gasteiger partial charge >= 0.3 is 0 Å². The van der Waals surface area contributed by atoms with Crippen LogP contribution in [-0.2, 0) is 6.42 Å². The highest BCUT2D eigenvalue weighted by atomic mass is 15.1. The highest BCUT2D eigenvalue weighted by Gasteiger charge is 2.17. The molecular formula is C25H30N2. The molecule has 0 N–H and O–H groups in total. The van der Waals surface area contributed by atoms with Crippen molar-refractivity contribution in [2.24, 2.45) is 0 Å². The molecule has 0 spiro atoms. The summed E-state index contributed by atoms with van der Waals surface area (Å²) in [5.41, 5.74) is 10.4. The van der Waals surface area contributed by atoms with Gasteiger partial charge in [-0.1, -0.05) is 43.3 Å². The maximum Gasteiger partial charge on any atom is 0.0444 e. The van der Waals surface area contributed by atoms with Crippen LogP contribution in [0.2, 0.25) is 0 Å². The monoisotopic (exact) mass is 358 g/mol. The lowest BCUT2D eigenvalue weighted by molar-refractivity contribution is 1.05. The van der Waals surface area contributed by atoms with Gasteiger partial charge in [0, 0.05) is 36.8 Å². The van der Waals surface area contributed by atoms with E-state index in [1.165, 1.54) is 45.0 Å². The standard InChI is InChI=1S/C25H30N2/c1-7-21-20(4)24(26(5)22-14-10-8-12-18(22)2)16-17-25(21)27(6)23-15-11-9-13-19(23)3/h8-17H,7H2,1-6H3. The molecular weight excluding hydrogens is 328 g/mol. The minimum absolute atomic E-state index is 1.01. The molecule has 3 aromatic carbocycles. The molecule has 27 heavy (non-hydrogen) atoms. The Labute approximate surface area is 164 Å². The van der Waals surface area contributed by atoms with Crippen molar-refractivity contribution in [3.8, 4) is 0 Å². The van der Waals surface area contributed by atoms with Crippen molar-refractivity contribution in [3.63, 3.8) is 0 Å². The summed E-state index contributed by atoms with van der Waals surface area (Å²) in [5.74, 6) is 0. The predicted molar refractivity (Wildman–Crippen MR) is 119 cm³/mol. The molecule has 3 rings (SSSR count). The summed E-state index contributed by atoms with van der Waals surface area (Å²) in [6.07, 6.45) is 1.01. The summed E-state index contributed by atoms with van der Waals surface area (Å²) in [7, 11) is 4.33. The van der Waals surface area contributed by atoms with Crippen molar-refractivity contribution in [2.45, 2.75) is 34.1 Å².